The van der Waals surface area contributed by atoms with Gasteiger partial charge in [0.15, 0.2) is 0 Å². The van der Waals surface area contributed by atoms with Crippen molar-refractivity contribution < 1.29 is 9.26 Å². The van der Waals surface area contributed by atoms with Crippen LogP contribution in [0.2, 0.25) is 0 Å². The van der Waals surface area contributed by atoms with Gasteiger partial charge >= 0.3 is 0 Å². The first-order valence-corrected chi connectivity index (χ1v) is 8.07. The molecule has 26 heavy (non-hydrogen) atoms. The van der Waals surface area contributed by atoms with Crippen molar-refractivity contribution in [2.75, 3.05) is 7.11 Å². The van der Waals surface area contributed by atoms with Gasteiger partial charge in [0.05, 0.1) is 24.3 Å². The van der Waals surface area contributed by atoms with Gasteiger partial charge < -0.3 is 9.26 Å². The molecule has 0 saturated carbocycles. The summed E-state index contributed by atoms with van der Waals surface area (Å²) < 4.78 is 11.9. The van der Waals surface area contributed by atoms with Crippen molar-refractivity contribution in [3.63, 3.8) is 0 Å². The van der Waals surface area contributed by atoms with Gasteiger partial charge in [0.25, 0.3) is 5.56 Å². The minimum absolute atomic E-state index is 0.136. The molecule has 0 fully saturated rings. The van der Waals surface area contributed by atoms with E-state index in [1.807, 2.05) is 49.4 Å². The van der Waals surface area contributed by atoms with Crippen molar-refractivity contribution in [3.8, 4) is 17.1 Å². The molecule has 0 bridgehead atoms. The molecule has 0 spiro atoms. The van der Waals surface area contributed by atoms with Crippen LogP contribution in [0, 0.1) is 6.92 Å². The van der Waals surface area contributed by atoms with E-state index in [4.69, 9.17) is 9.26 Å². The van der Waals surface area contributed by atoms with Crippen molar-refractivity contribution >= 4 is 10.9 Å². The van der Waals surface area contributed by atoms with Crippen molar-refractivity contribution in [1.82, 2.24) is 19.7 Å². The molecule has 2 aromatic carbocycles. The fourth-order valence-electron chi connectivity index (χ4n) is 2.71. The van der Waals surface area contributed by atoms with E-state index in [0.717, 1.165) is 16.9 Å². The molecule has 0 unspecified atom stereocenters. The van der Waals surface area contributed by atoms with Gasteiger partial charge in [-0.15, -0.1) is 0 Å². The predicted molar refractivity (Wildman–Crippen MR) is 96.1 cm³/mol. The molecule has 0 aliphatic carbocycles. The third kappa shape index (κ3) is 2.95. The average Bonchev–Trinajstić information content (AvgIpc) is 3.13. The van der Waals surface area contributed by atoms with Crippen molar-refractivity contribution in [1.29, 1.82) is 0 Å². The molecule has 2 aromatic heterocycles. The fourth-order valence-corrected chi connectivity index (χ4v) is 2.71. The zero-order valence-corrected chi connectivity index (χ0v) is 14.3. The van der Waals surface area contributed by atoms with E-state index in [1.54, 1.807) is 7.11 Å². The molecule has 0 saturated heterocycles. The smallest absolute Gasteiger partial charge is 0.261 e. The summed E-state index contributed by atoms with van der Waals surface area (Å²) in [5, 5.41) is 4.55. The molecule has 7 nitrogen and oxygen atoms in total. The molecule has 4 aromatic rings. The second kappa shape index (κ2) is 6.44. The summed E-state index contributed by atoms with van der Waals surface area (Å²) in [6, 6.07) is 12.9. The monoisotopic (exact) mass is 348 g/mol. The van der Waals surface area contributed by atoms with Gasteiger partial charge in [-0.05, 0) is 43.3 Å². The molecule has 0 N–H and O–H groups in total. The SMILES string of the molecule is COc1ccc(-c2noc(Cn3cnc4ccc(C)cc4c3=O)n2)cc1. The Labute approximate surface area is 148 Å². The first-order valence-electron chi connectivity index (χ1n) is 8.07. The molecule has 0 amide bonds. The van der Waals surface area contributed by atoms with E-state index < -0.39 is 0 Å². The van der Waals surface area contributed by atoms with Crippen LogP contribution < -0.4 is 10.3 Å². The lowest BCUT2D eigenvalue weighted by molar-refractivity contribution is 0.369. The summed E-state index contributed by atoms with van der Waals surface area (Å²) in [6.45, 7) is 2.11. The number of fused-ring (bicyclic) bond motifs is 1. The van der Waals surface area contributed by atoms with E-state index in [-0.39, 0.29) is 12.1 Å². The number of nitrogens with zero attached hydrogens (tertiary/aromatic N) is 4. The largest absolute Gasteiger partial charge is 0.497 e. The van der Waals surface area contributed by atoms with Gasteiger partial charge in [0, 0.05) is 5.56 Å². The summed E-state index contributed by atoms with van der Waals surface area (Å²) in [5.74, 6) is 1.55. The summed E-state index contributed by atoms with van der Waals surface area (Å²) >= 11 is 0. The molecule has 0 radical (unpaired) electrons. The normalized spacial score (nSPS) is 11.0. The van der Waals surface area contributed by atoms with Gasteiger partial charge in [-0.3, -0.25) is 9.36 Å². The second-order valence-corrected chi connectivity index (χ2v) is 5.94. The highest BCUT2D eigenvalue weighted by Crippen LogP contribution is 2.20. The summed E-state index contributed by atoms with van der Waals surface area (Å²) in [7, 11) is 1.61. The Kier molecular flexibility index (Phi) is 3.96. The first-order chi connectivity index (χ1) is 12.6. The van der Waals surface area contributed by atoms with Crippen LogP contribution in [0.1, 0.15) is 11.5 Å². The van der Waals surface area contributed by atoms with E-state index in [0.29, 0.717) is 22.6 Å². The lowest BCUT2D eigenvalue weighted by Crippen LogP contribution is -2.21. The highest BCUT2D eigenvalue weighted by molar-refractivity contribution is 5.77. The maximum absolute atomic E-state index is 12.7. The number of ether oxygens (including phenoxy) is 1. The van der Waals surface area contributed by atoms with Crippen molar-refractivity contribution in [3.05, 3.63) is 70.6 Å². The minimum atomic E-state index is -0.136. The molecule has 130 valence electrons. The van der Waals surface area contributed by atoms with Gasteiger partial charge in [0.1, 0.15) is 12.3 Å². The zero-order chi connectivity index (χ0) is 18.1. The molecule has 7 heteroatoms. The van der Waals surface area contributed by atoms with Crippen molar-refractivity contribution in [2.24, 2.45) is 0 Å². The molecule has 0 atom stereocenters. The van der Waals surface area contributed by atoms with E-state index >= 15 is 0 Å². The molecule has 2 heterocycles. The van der Waals surface area contributed by atoms with Gasteiger partial charge in [0.2, 0.25) is 11.7 Å². The van der Waals surface area contributed by atoms with Gasteiger partial charge in [-0.25, -0.2) is 4.98 Å². The number of aromatic nitrogens is 4. The van der Waals surface area contributed by atoms with E-state index in [2.05, 4.69) is 15.1 Å². The summed E-state index contributed by atoms with van der Waals surface area (Å²) in [4.78, 5) is 21.3. The molecular formula is C19H16N4O3. The maximum Gasteiger partial charge on any atom is 0.261 e. The van der Waals surface area contributed by atoms with Crippen LogP contribution in [0.25, 0.3) is 22.3 Å². The Hall–Kier alpha value is -3.48. The highest BCUT2D eigenvalue weighted by atomic mass is 16.5. The third-order valence-corrected chi connectivity index (χ3v) is 4.10. The third-order valence-electron chi connectivity index (χ3n) is 4.10. The lowest BCUT2D eigenvalue weighted by atomic mass is 10.2. The Morgan fingerprint density at radius 2 is 1.96 bits per heavy atom. The number of hydrogen-bond donors (Lipinski definition) is 0. The quantitative estimate of drug-likeness (QED) is 0.564. The molecular weight excluding hydrogens is 332 g/mol. The van der Waals surface area contributed by atoms with Crippen molar-refractivity contribution in [2.45, 2.75) is 13.5 Å². The zero-order valence-electron chi connectivity index (χ0n) is 14.3. The predicted octanol–water partition coefficient (Wildman–Crippen LogP) is 2.81. The Balaban J connectivity index is 1.64. The number of hydrogen-bond acceptors (Lipinski definition) is 6. The number of aryl methyl sites for hydroxylation is 1. The van der Waals surface area contributed by atoms with Crippen LogP contribution in [-0.2, 0) is 6.54 Å². The van der Waals surface area contributed by atoms with Crippen LogP contribution in [0.4, 0.5) is 0 Å². The van der Waals surface area contributed by atoms with E-state index in [1.165, 1.54) is 10.9 Å². The Bertz CT molecular complexity index is 1130. The van der Waals surface area contributed by atoms with Crippen LogP contribution in [0.3, 0.4) is 0 Å². The minimum Gasteiger partial charge on any atom is -0.497 e. The van der Waals surface area contributed by atoms with E-state index in [9.17, 15) is 4.79 Å². The summed E-state index contributed by atoms with van der Waals surface area (Å²) in [6.07, 6.45) is 1.50. The maximum atomic E-state index is 12.7. The Morgan fingerprint density at radius 1 is 1.15 bits per heavy atom. The van der Waals surface area contributed by atoms with Gasteiger partial charge in [-0.1, -0.05) is 16.8 Å². The van der Waals surface area contributed by atoms with Crippen LogP contribution in [-0.4, -0.2) is 26.8 Å². The number of methoxy groups -OCH3 is 1. The standard InChI is InChI=1S/C19H16N4O3/c1-12-3-8-16-15(9-12)19(24)23(11-20-16)10-17-21-18(22-26-17)13-4-6-14(25-2)7-5-13/h3-9,11H,10H2,1-2H3. The highest BCUT2D eigenvalue weighted by Gasteiger charge is 2.11. The number of rotatable bonds is 4. The lowest BCUT2D eigenvalue weighted by Gasteiger charge is -2.04. The Morgan fingerprint density at radius 3 is 2.73 bits per heavy atom. The van der Waals surface area contributed by atoms with Gasteiger partial charge in [-0.2, -0.15) is 4.98 Å². The fraction of sp³-hybridized carbons (Fsp3) is 0.158. The molecule has 4 rings (SSSR count). The van der Waals surface area contributed by atoms with Crippen LogP contribution in [0.15, 0.2) is 58.1 Å². The van der Waals surface area contributed by atoms with Crippen LogP contribution in [0.5, 0.6) is 5.75 Å². The molecule has 0 aliphatic heterocycles. The second-order valence-electron chi connectivity index (χ2n) is 5.94. The van der Waals surface area contributed by atoms with Crippen LogP contribution >= 0.6 is 0 Å². The number of benzene rings is 2. The topological polar surface area (TPSA) is 83.0 Å². The first kappa shape index (κ1) is 16.0. The summed E-state index contributed by atoms with van der Waals surface area (Å²) in [5.41, 5.74) is 2.35. The molecule has 0 aliphatic rings. The average molecular weight is 348 g/mol.